The third kappa shape index (κ3) is 4.80. The van der Waals surface area contributed by atoms with Gasteiger partial charge in [-0.05, 0) is 18.6 Å². The van der Waals surface area contributed by atoms with Gasteiger partial charge in [0.25, 0.3) is 0 Å². The molecule has 0 spiro atoms. The minimum atomic E-state index is -1.99. The highest BCUT2D eigenvalue weighted by Crippen LogP contribution is 2.25. The quantitative estimate of drug-likeness (QED) is 0.353. The van der Waals surface area contributed by atoms with Gasteiger partial charge >= 0.3 is 5.97 Å². The largest absolute Gasteiger partial charge is 0.465 e. The van der Waals surface area contributed by atoms with E-state index in [2.05, 4.69) is 0 Å². The van der Waals surface area contributed by atoms with Crippen molar-refractivity contribution in [2.24, 2.45) is 0 Å². The van der Waals surface area contributed by atoms with Crippen LogP contribution in [0.3, 0.4) is 0 Å². The molecule has 0 saturated heterocycles. The Labute approximate surface area is 147 Å². The molecule has 2 atom stereocenters. The second-order valence-electron chi connectivity index (χ2n) is 5.23. The maximum Gasteiger partial charge on any atom is 0.321 e. The van der Waals surface area contributed by atoms with Gasteiger partial charge in [0.05, 0.1) is 12.4 Å². The molecular weight excluding hydrogens is 347 g/mol. The fourth-order valence-electron chi connectivity index (χ4n) is 2.38. The summed E-state index contributed by atoms with van der Waals surface area (Å²) in [7, 11) is 0. The van der Waals surface area contributed by atoms with Gasteiger partial charge in [0.15, 0.2) is 16.9 Å². The van der Waals surface area contributed by atoms with E-state index in [1.807, 2.05) is 0 Å². The van der Waals surface area contributed by atoms with Crippen LogP contribution in [0, 0.1) is 5.82 Å². The maximum absolute atomic E-state index is 14.1. The maximum atomic E-state index is 14.1. The molecule has 5 nitrogen and oxygen atoms in total. The first-order valence-corrected chi connectivity index (χ1v) is 8.83. The summed E-state index contributed by atoms with van der Waals surface area (Å²) in [6.45, 7) is 1.67. The van der Waals surface area contributed by atoms with Crippen LogP contribution in [-0.2, 0) is 26.4 Å². The van der Waals surface area contributed by atoms with Crippen LogP contribution in [-0.4, -0.2) is 27.1 Å². The van der Waals surface area contributed by atoms with Crippen molar-refractivity contribution in [3.05, 3.63) is 71.0 Å². The number of ether oxygens (including phenoxy) is 1. The SMILES string of the molecule is CCOC(=O)C(C(=O)c1ccc(CS(=O)O)cc1)c1ccccc1F. The summed E-state index contributed by atoms with van der Waals surface area (Å²) in [5, 5.41) is 0. The van der Waals surface area contributed by atoms with Gasteiger partial charge in [-0.1, -0.05) is 42.5 Å². The topological polar surface area (TPSA) is 80.7 Å². The molecule has 2 aromatic carbocycles. The van der Waals surface area contributed by atoms with Crippen molar-refractivity contribution in [2.45, 2.75) is 18.6 Å². The van der Waals surface area contributed by atoms with Crippen LogP contribution >= 0.6 is 0 Å². The van der Waals surface area contributed by atoms with Gasteiger partial charge in [0, 0.05) is 11.1 Å². The second-order valence-corrected chi connectivity index (χ2v) is 6.17. The minimum absolute atomic E-state index is 0.0495. The van der Waals surface area contributed by atoms with Crippen LogP contribution in [0.2, 0.25) is 0 Å². The Balaban J connectivity index is 2.37. The Morgan fingerprint density at radius 2 is 1.80 bits per heavy atom. The number of benzene rings is 2. The lowest BCUT2D eigenvalue weighted by molar-refractivity contribution is -0.143. The predicted molar refractivity (Wildman–Crippen MR) is 91.0 cm³/mol. The van der Waals surface area contributed by atoms with Gasteiger partial charge < -0.3 is 9.29 Å². The zero-order valence-electron chi connectivity index (χ0n) is 13.5. The zero-order valence-corrected chi connectivity index (χ0v) is 14.3. The highest BCUT2D eigenvalue weighted by molar-refractivity contribution is 7.78. The summed E-state index contributed by atoms with van der Waals surface area (Å²) in [6.07, 6.45) is 0. The molecule has 132 valence electrons. The fourth-order valence-corrected chi connectivity index (χ4v) is 2.86. The fraction of sp³-hybridized carbons (Fsp3) is 0.222. The number of ketones is 1. The molecule has 7 heteroatoms. The first-order valence-electron chi connectivity index (χ1n) is 7.55. The number of hydrogen-bond acceptors (Lipinski definition) is 4. The molecule has 0 amide bonds. The molecule has 0 bridgehead atoms. The molecule has 2 aromatic rings. The van der Waals surface area contributed by atoms with Crippen molar-refractivity contribution in [3.8, 4) is 0 Å². The lowest BCUT2D eigenvalue weighted by atomic mass is 9.90. The van der Waals surface area contributed by atoms with E-state index in [-0.39, 0.29) is 23.5 Å². The van der Waals surface area contributed by atoms with Crippen LogP contribution < -0.4 is 0 Å². The molecule has 0 aliphatic carbocycles. The van der Waals surface area contributed by atoms with E-state index in [4.69, 9.17) is 9.29 Å². The Morgan fingerprint density at radius 3 is 2.36 bits per heavy atom. The van der Waals surface area contributed by atoms with Crippen molar-refractivity contribution in [1.29, 1.82) is 0 Å². The van der Waals surface area contributed by atoms with E-state index in [1.165, 1.54) is 48.5 Å². The first-order chi connectivity index (χ1) is 11.9. The summed E-state index contributed by atoms with van der Waals surface area (Å²) >= 11 is -1.99. The molecule has 25 heavy (non-hydrogen) atoms. The second kappa shape index (κ2) is 8.64. The van der Waals surface area contributed by atoms with Crippen LogP contribution in [0.15, 0.2) is 48.5 Å². The molecule has 0 aliphatic rings. The van der Waals surface area contributed by atoms with Crippen LogP contribution in [0.4, 0.5) is 4.39 Å². The van der Waals surface area contributed by atoms with Crippen LogP contribution in [0.25, 0.3) is 0 Å². The number of halogens is 1. The van der Waals surface area contributed by atoms with Gasteiger partial charge in [-0.15, -0.1) is 0 Å². The third-order valence-corrected chi connectivity index (χ3v) is 4.11. The molecule has 0 radical (unpaired) electrons. The monoisotopic (exact) mass is 364 g/mol. The summed E-state index contributed by atoms with van der Waals surface area (Å²) in [6, 6.07) is 11.5. The highest BCUT2D eigenvalue weighted by Gasteiger charge is 2.32. The normalized spacial score (nSPS) is 13.1. The van der Waals surface area contributed by atoms with E-state index in [0.29, 0.717) is 5.56 Å². The molecule has 1 N–H and O–H groups in total. The Morgan fingerprint density at radius 1 is 1.16 bits per heavy atom. The van der Waals surface area contributed by atoms with Crippen LogP contribution in [0.5, 0.6) is 0 Å². The molecule has 0 heterocycles. The number of carbonyl (C=O) groups excluding carboxylic acids is 2. The van der Waals surface area contributed by atoms with Crippen molar-refractivity contribution >= 4 is 22.8 Å². The molecule has 0 aromatic heterocycles. The van der Waals surface area contributed by atoms with Gasteiger partial charge in [-0.2, -0.15) is 0 Å². The smallest absolute Gasteiger partial charge is 0.321 e. The number of esters is 1. The molecule has 0 saturated carbocycles. The summed E-state index contributed by atoms with van der Waals surface area (Å²) < 4.78 is 38.7. The predicted octanol–water partition coefficient (Wildman–Crippen LogP) is 3.08. The van der Waals surface area contributed by atoms with E-state index in [9.17, 15) is 18.2 Å². The van der Waals surface area contributed by atoms with Gasteiger partial charge in [0.1, 0.15) is 11.7 Å². The molecule has 0 aliphatic heterocycles. The van der Waals surface area contributed by atoms with E-state index < -0.39 is 34.6 Å². The number of carbonyl (C=O) groups is 2. The molecule has 0 fully saturated rings. The number of hydrogen-bond donors (Lipinski definition) is 1. The van der Waals surface area contributed by atoms with Crippen molar-refractivity contribution in [3.63, 3.8) is 0 Å². The van der Waals surface area contributed by atoms with Crippen LogP contribution in [0.1, 0.15) is 34.3 Å². The molecule has 2 rings (SSSR count). The van der Waals surface area contributed by atoms with E-state index >= 15 is 0 Å². The van der Waals surface area contributed by atoms with Gasteiger partial charge in [0.2, 0.25) is 0 Å². The van der Waals surface area contributed by atoms with Gasteiger partial charge in [-0.25, -0.2) is 8.60 Å². The third-order valence-electron chi connectivity index (χ3n) is 3.53. The highest BCUT2D eigenvalue weighted by atomic mass is 32.2. The van der Waals surface area contributed by atoms with Crippen molar-refractivity contribution in [1.82, 2.24) is 0 Å². The lowest BCUT2D eigenvalue weighted by Crippen LogP contribution is -2.25. The summed E-state index contributed by atoms with van der Waals surface area (Å²) in [4.78, 5) is 25.0. The lowest BCUT2D eigenvalue weighted by Gasteiger charge is -2.16. The van der Waals surface area contributed by atoms with E-state index in [0.717, 1.165) is 0 Å². The Bertz CT molecular complexity index is 788. The number of Topliss-reactive ketones (excluding diaryl/α,β-unsaturated/α-hetero) is 1. The standard InChI is InChI=1S/C18H17FO5S/c1-2-24-18(21)16(14-5-3-4-6-15(14)19)17(20)13-9-7-12(8-10-13)11-25(22)23/h3-10,16H,2,11H2,1H3,(H,22,23). The van der Waals surface area contributed by atoms with Crippen molar-refractivity contribution in [2.75, 3.05) is 6.61 Å². The first kappa shape index (κ1) is 19.0. The molecule has 2 unspecified atom stereocenters. The summed E-state index contributed by atoms with van der Waals surface area (Å²) in [5.41, 5.74) is 0.705. The van der Waals surface area contributed by atoms with Gasteiger partial charge in [-0.3, -0.25) is 9.59 Å². The summed E-state index contributed by atoms with van der Waals surface area (Å²) in [5.74, 6) is -3.55. The van der Waals surface area contributed by atoms with E-state index in [1.54, 1.807) is 6.92 Å². The molecular formula is C18H17FO5S. The Kier molecular flexibility index (Phi) is 6.55. The zero-order chi connectivity index (χ0) is 18.4. The minimum Gasteiger partial charge on any atom is -0.465 e. The number of rotatable bonds is 7. The van der Waals surface area contributed by atoms with Crippen molar-refractivity contribution < 1.29 is 27.5 Å². The average Bonchev–Trinajstić information content (AvgIpc) is 2.57. The Hall–Kier alpha value is -2.38. The average molecular weight is 364 g/mol.